The van der Waals surface area contributed by atoms with Crippen molar-refractivity contribution in [1.82, 2.24) is 4.90 Å². The van der Waals surface area contributed by atoms with Crippen molar-refractivity contribution >= 4 is 6.09 Å². The maximum atomic E-state index is 11.9. The van der Waals surface area contributed by atoms with Crippen molar-refractivity contribution in [2.24, 2.45) is 11.8 Å². The zero-order valence-electron chi connectivity index (χ0n) is 10.1. The molecule has 0 radical (unpaired) electrons. The quantitative estimate of drug-likeness (QED) is 0.637. The molecule has 4 heteroatoms. The van der Waals surface area contributed by atoms with Gasteiger partial charge in [-0.15, -0.1) is 0 Å². The van der Waals surface area contributed by atoms with E-state index >= 15 is 0 Å². The Morgan fingerprint density at radius 3 is 2.69 bits per heavy atom. The predicted octanol–water partition coefficient (Wildman–Crippen LogP) is 1.64. The first-order valence-electron chi connectivity index (χ1n) is 6.07. The van der Waals surface area contributed by atoms with Crippen LogP contribution in [0.3, 0.4) is 0 Å². The number of fused-ring (bicyclic) bond motifs is 1. The third kappa shape index (κ3) is 1.59. The van der Waals surface area contributed by atoms with Crippen molar-refractivity contribution in [2.75, 3.05) is 13.2 Å². The molecule has 4 rings (SSSR count). The second-order valence-corrected chi connectivity index (χ2v) is 6.14. The summed E-state index contributed by atoms with van der Waals surface area (Å²) in [4.78, 5) is 13.9. The molecule has 0 aromatic heterocycles. The third-order valence-electron chi connectivity index (χ3n) is 3.78. The van der Waals surface area contributed by atoms with Gasteiger partial charge in [0.25, 0.3) is 0 Å². The van der Waals surface area contributed by atoms with E-state index in [-0.39, 0.29) is 6.09 Å². The van der Waals surface area contributed by atoms with Gasteiger partial charge < -0.3 is 14.4 Å². The van der Waals surface area contributed by atoms with Crippen LogP contribution in [0.5, 0.6) is 0 Å². The molecule has 1 saturated carbocycles. The van der Waals surface area contributed by atoms with Crippen LogP contribution in [0.15, 0.2) is 0 Å². The third-order valence-corrected chi connectivity index (χ3v) is 3.78. The molecule has 1 amide bonds. The highest BCUT2D eigenvalue weighted by atomic mass is 16.6. The van der Waals surface area contributed by atoms with E-state index in [1.807, 2.05) is 25.7 Å². The maximum absolute atomic E-state index is 11.9. The molecule has 2 bridgehead atoms. The highest BCUT2D eigenvalue weighted by Crippen LogP contribution is 2.51. The average Bonchev–Trinajstić information content (AvgIpc) is 2.73. The number of hydrogen-bond acceptors (Lipinski definition) is 3. The molecule has 3 saturated heterocycles. The van der Waals surface area contributed by atoms with Crippen LogP contribution in [0.25, 0.3) is 0 Å². The van der Waals surface area contributed by atoms with Gasteiger partial charge in [0.05, 0.1) is 12.7 Å². The van der Waals surface area contributed by atoms with E-state index in [1.165, 1.54) is 0 Å². The first kappa shape index (κ1) is 10.4. The summed E-state index contributed by atoms with van der Waals surface area (Å²) < 4.78 is 10.8. The highest BCUT2D eigenvalue weighted by molar-refractivity contribution is 5.69. The van der Waals surface area contributed by atoms with Crippen LogP contribution >= 0.6 is 0 Å². The second-order valence-electron chi connectivity index (χ2n) is 6.14. The van der Waals surface area contributed by atoms with Crippen LogP contribution in [0, 0.1) is 11.8 Å². The normalized spacial score (nSPS) is 40.6. The molecule has 4 fully saturated rings. The fourth-order valence-electron chi connectivity index (χ4n) is 3.02. The molecule has 0 aromatic carbocycles. The minimum atomic E-state index is -0.393. The van der Waals surface area contributed by atoms with Gasteiger partial charge in [-0.2, -0.15) is 0 Å². The first-order valence-corrected chi connectivity index (χ1v) is 6.07. The van der Waals surface area contributed by atoms with Crippen molar-refractivity contribution in [1.29, 1.82) is 0 Å². The lowest BCUT2D eigenvalue weighted by Crippen LogP contribution is -2.45. The number of epoxide rings is 1. The number of rotatable bonds is 1. The topological polar surface area (TPSA) is 42.1 Å². The fraction of sp³-hybridized carbons (Fsp3) is 0.917. The van der Waals surface area contributed by atoms with E-state index < -0.39 is 5.60 Å². The van der Waals surface area contributed by atoms with Crippen molar-refractivity contribution in [3.8, 4) is 0 Å². The molecule has 0 aromatic rings. The van der Waals surface area contributed by atoms with E-state index in [1.54, 1.807) is 0 Å². The standard InChI is InChI=1S/C12H19NO3/c1-12(2,3)16-11(14)13-5-7-4-8(13)10(7)9-6-15-9/h7-10H,4-6H2,1-3H3/t7-,8-,9-,10?/m0/s1. The first-order chi connectivity index (χ1) is 7.46. The summed E-state index contributed by atoms with van der Waals surface area (Å²) in [7, 11) is 0. The summed E-state index contributed by atoms with van der Waals surface area (Å²) in [5, 5.41) is 0. The molecule has 0 spiro atoms. The molecule has 4 aliphatic rings. The zero-order chi connectivity index (χ0) is 11.5. The maximum Gasteiger partial charge on any atom is 0.410 e. The molecule has 3 aliphatic heterocycles. The Morgan fingerprint density at radius 2 is 2.12 bits per heavy atom. The van der Waals surface area contributed by atoms with Gasteiger partial charge in [0.15, 0.2) is 0 Å². The van der Waals surface area contributed by atoms with E-state index in [4.69, 9.17) is 9.47 Å². The van der Waals surface area contributed by atoms with Gasteiger partial charge in [-0.25, -0.2) is 4.79 Å². The SMILES string of the molecule is CC(C)(C)OC(=O)N1C[C@@H]2C[C@H]1C2[C@@H]1CO1. The number of ether oxygens (including phenoxy) is 2. The van der Waals surface area contributed by atoms with Crippen LogP contribution in [0.2, 0.25) is 0 Å². The summed E-state index contributed by atoms with van der Waals surface area (Å²) in [6.45, 7) is 7.48. The van der Waals surface area contributed by atoms with Crippen LogP contribution in [-0.2, 0) is 9.47 Å². The molecular weight excluding hydrogens is 206 g/mol. The summed E-state index contributed by atoms with van der Waals surface area (Å²) in [6, 6.07) is 0.382. The zero-order valence-corrected chi connectivity index (χ0v) is 10.1. The van der Waals surface area contributed by atoms with Gasteiger partial charge in [-0.3, -0.25) is 0 Å². The predicted molar refractivity (Wildman–Crippen MR) is 58.1 cm³/mol. The lowest BCUT2D eigenvalue weighted by molar-refractivity contribution is 0.0185. The van der Waals surface area contributed by atoms with Gasteiger partial charge in [0, 0.05) is 18.5 Å². The Morgan fingerprint density at radius 1 is 1.44 bits per heavy atom. The van der Waals surface area contributed by atoms with Gasteiger partial charge in [-0.1, -0.05) is 0 Å². The molecular formula is C12H19NO3. The van der Waals surface area contributed by atoms with Gasteiger partial charge >= 0.3 is 6.09 Å². The van der Waals surface area contributed by atoms with Gasteiger partial charge in [-0.05, 0) is 33.1 Å². The van der Waals surface area contributed by atoms with Crippen molar-refractivity contribution in [3.05, 3.63) is 0 Å². The molecule has 90 valence electrons. The minimum Gasteiger partial charge on any atom is -0.444 e. The Hall–Kier alpha value is -0.770. The monoisotopic (exact) mass is 225 g/mol. The smallest absolute Gasteiger partial charge is 0.410 e. The Balaban J connectivity index is 1.63. The number of carbonyl (C=O) groups is 1. The van der Waals surface area contributed by atoms with Crippen LogP contribution in [0.4, 0.5) is 4.79 Å². The lowest BCUT2D eigenvalue weighted by Gasteiger charge is -2.35. The second kappa shape index (κ2) is 3.13. The Bertz CT molecular complexity index is 319. The van der Waals surface area contributed by atoms with Crippen LogP contribution in [0.1, 0.15) is 27.2 Å². The summed E-state index contributed by atoms with van der Waals surface area (Å²) in [5.74, 6) is 1.25. The highest BCUT2D eigenvalue weighted by Gasteiger charge is 2.59. The number of nitrogens with zero attached hydrogens (tertiary/aromatic N) is 1. The van der Waals surface area contributed by atoms with E-state index in [2.05, 4.69) is 0 Å². The Labute approximate surface area is 95.9 Å². The molecule has 4 nitrogen and oxygen atoms in total. The molecule has 4 atom stereocenters. The Kier molecular flexibility index (Phi) is 2.03. The number of amides is 1. The van der Waals surface area contributed by atoms with Gasteiger partial charge in [0.2, 0.25) is 0 Å². The molecule has 16 heavy (non-hydrogen) atoms. The average molecular weight is 225 g/mol. The van der Waals surface area contributed by atoms with E-state index in [9.17, 15) is 4.79 Å². The molecule has 0 N–H and O–H groups in total. The van der Waals surface area contributed by atoms with Crippen molar-refractivity contribution in [2.45, 2.75) is 44.9 Å². The molecule has 3 heterocycles. The van der Waals surface area contributed by atoms with E-state index in [0.29, 0.717) is 24.0 Å². The summed E-state index contributed by atoms with van der Waals surface area (Å²) in [6.07, 6.45) is 1.42. The van der Waals surface area contributed by atoms with Crippen LogP contribution in [-0.4, -0.2) is 41.9 Å². The molecule has 1 unspecified atom stereocenters. The largest absolute Gasteiger partial charge is 0.444 e. The van der Waals surface area contributed by atoms with E-state index in [0.717, 1.165) is 19.6 Å². The summed E-state index contributed by atoms with van der Waals surface area (Å²) >= 11 is 0. The molecule has 1 aliphatic carbocycles. The number of carbonyl (C=O) groups excluding carboxylic acids is 1. The fourth-order valence-corrected chi connectivity index (χ4v) is 3.02. The van der Waals surface area contributed by atoms with Crippen molar-refractivity contribution in [3.63, 3.8) is 0 Å². The number of hydrogen-bond donors (Lipinski definition) is 0. The van der Waals surface area contributed by atoms with Crippen LogP contribution < -0.4 is 0 Å². The lowest BCUT2D eigenvalue weighted by atomic mass is 9.72. The van der Waals surface area contributed by atoms with Gasteiger partial charge in [0.1, 0.15) is 5.60 Å². The van der Waals surface area contributed by atoms with Crippen molar-refractivity contribution < 1.29 is 14.3 Å². The summed E-state index contributed by atoms with van der Waals surface area (Å²) in [5.41, 5.74) is -0.393. The minimum absolute atomic E-state index is 0.150.